The van der Waals surface area contributed by atoms with E-state index >= 15 is 0 Å². The molecule has 1 N–H and O–H groups in total. The molecule has 0 atom stereocenters. The van der Waals surface area contributed by atoms with E-state index in [-0.39, 0.29) is 17.3 Å². The molecule has 1 fully saturated rings. The number of rotatable bonds is 4. The largest absolute Gasteiger partial charge is 0.326 e. The Morgan fingerprint density at radius 2 is 1.74 bits per heavy atom. The average Bonchev–Trinajstić information content (AvgIpc) is 2.71. The highest BCUT2D eigenvalue weighted by Crippen LogP contribution is 2.20. The molecule has 6 heteroatoms. The van der Waals surface area contributed by atoms with Crippen molar-refractivity contribution >= 4 is 22.5 Å². The van der Waals surface area contributed by atoms with Crippen LogP contribution in [0.2, 0.25) is 0 Å². The Bertz CT molecular complexity index is 992. The lowest BCUT2D eigenvalue weighted by Crippen LogP contribution is -2.39. The molecular weight excluding hydrogens is 340 g/mol. The molecule has 0 radical (unpaired) electrons. The second-order valence-electron chi connectivity index (χ2n) is 6.91. The fraction of sp³-hybridized carbons (Fsp3) is 0.286. The number of likely N-dealkylation sites (tertiary alicyclic amines) is 1. The van der Waals surface area contributed by atoms with Crippen molar-refractivity contribution in [2.24, 2.45) is 5.92 Å². The molecule has 27 heavy (non-hydrogen) atoms. The van der Waals surface area contributed by atoms with Crippen LogP contribution in [0, 0.1) is 5.92 Å². The monoisotopic (exact) mass is 362 g/mol. The van der Waals surface area contributed by atoms with Gasteiger partial charge < -0.3 is 5.32 Å². The van der Waals surface area contributed by atoms with E-state index in [1.807, 2.05) is 59.3 Å². The van der Waals surface area contributed by atoms with Gasteiger partial charge in [-0.2, -0.15) is 5.10 Å². The lowest BCUT2D eigenvalue weighted by atomic mass is 9.96. The van der Waals surface area contributed by atoms with Crippen LogP contribution in [0.4, 0.5) is 5.69 Å². The summed E-state index contributed by atoms with van der Waals surface area (Å²) in [6.45, 7) is 2.28. The van der Waals surface area contributed by atoms with E-state index in [1.54, 1.807) is 0 Å². The predicted molar refractivity (Wildman–Crippen MR) is 105 cm³/mol. The van der Waals surface area contributed by atoms with Crippen LogP contribution in [0.3, 0.4) is 0 Å². The molecule has 138 valence electrons. The van der Waals surface area contributed by atoms with Crippen LogP contribution in [-0.4, -0.2) is 33.7 Å². The summed E-state index contributed by atoms with van der Waals surface area (Å²) in [7, 11) is 0. The summed E-state index contributed by atoms with van der Waals surface area (Å²) >= 11 is 0. The SMILES string of the molecule is O=C(Nc1ccccc1)C1CCN(Cn2ncc(=O)c3ccccc32)CC1. The lowest BCUT2D eigenvalue weighted by Gasteiger charge is -2.31. The maximum Gasteiger partial charge on any atom is 0.227 e. The Kier molecular flexibility index (Phi) is 4.98. The van der Waals surface area contributed by atoms with Gasteiger partial charge in [0, 0.05) is 30.1 Å². The van der Waals surface area contributed by atoms with Crippen LogP contribution >= 0.6 is 0 Å². The number of piperidine rings is 1. The van der Waals surface area contributed by atoms with Crippen LogP contribution in [0.25, 0.3) is 10.9 Å². The minimum absolute atomic E-state index is 0.0279. The molecule has 1 amide bonds. The highest BCUT2D eigenvalue weighted by molar-refractivity contribution is 5.92. The summed E-state index contributed by atoms with van der Waals surface area (Å²) in [5.74, 6) is 0.118. The first-order valence-corrected chi connectivity index (χ1v) is 9.24. The van der Waals surface area contributed by atoms with E-state index in [9.17, 15) is 9.59 Å². The first-order valence-electron chi connectivity index (χ1n) is 9.24. The van der Waals surface area contributed by atoms with E-state index in [0.717, 1.165) is 37.1 Å². The van der Waals surface area contributed by atoms with Crippen molar-refractivity contribution in [1.82, 2.24) is 14.7 Å². The number of nitrogens with one attached hydrogen (secondary N) is 1. The molecule has 0 unspecified atom stereocenters. The third-order valence-corrected chi connectivity index (χ3v) is 5.10. The molecule has 1 saturated heterocycles. The Morgan fingerprint density at radius 3 is 2.52 bits per heavy atom. The van der Waals surface area contributed by atoms with Crippen molar-refractivity contribution in [3.05, 3.63) is 71.0 Å². The number of fused-ring (bicyclic) bond motifs is 1. The van der Waals surface area contributed by atoms with Crippen molar-refractivity contribution in [2.75, 3.05) is 18.4 Å². The van der Waals surface area contributed by atoms with Gasteiger partial charge in [0.2, 0.25) is 11.3 Å². The van der Waals surface area contributed by atoms with Gasteiger partial charge in [0.1, 0.15) is 0 Å². The van der Waals surface area contributed by atoms with Gasteiger partial charge in [-0.1, -0.05) is 30.3 Å². The lowest BCUT2D eigenvalue weighted by molar-refractivity contribution is -0.121. The van der Waals surface area contributed by atoms with Crippen molar-refractivity contribution in [2.45, 2.75) is 19.5 Å². The predicted octanol–water partition coefficient (Wildman–Crippen LogP) is 2.70. The average molecular weight is 362 g/mol. The maximum absolute atomic E-state index is 12.5. The van der Waals surface area contributed by atoms with E-state index < -0.39 is 0 Å². The number of para-hydroxylation sites is 2. The summed E-state index contributed by atoms with van der Waals surface area (Å²) in [5.41, 5.74) is 1.63. The standard InChI is InChI=1S/C21H22N4O2/c26-20-14-22-25(19-9-5-4-8-18(19)20)15-24-12-10-16(11-13-24)21(27)23-17-6-2-1-3-7-17/h1-9,14,16H,10-13,15H2,(H,23,27). The molecule has 1 aliphatic heterocycles. The van der Waals surface area contributed by atoms with Gasteiger partial charge in [-0.05, 0) is 37.1 Å². The molecule has 6 nitrogen and oxygen atoms in total. The van der Waals surface area contributed by atoms with Crippen LogP contribution in [0.1, 0.15) is 12.8 Å². The second-order valence-corrected chi connectivity index (χ2v) is 6.91. The van der Waals surface area contributed by atoms with Gasteiger partial charge in [-0.25, -0.2) is 0 Å². The second kappa shape index (κ2) is 7.72. The highest BCUT2D eigenvalue weighted by Gasteiger charge is 2.25. The first kappa shape index (κ1) is 17.4. The third-order valence-electron chi connectivity index (χ3n) is 5.10. The van der Waals surface area contributed by atoms with Gasteiger partial charge in [0.25, 0.3) is 0 Å². The van der Waals surface area contributed by atoms with Crippen molar-refractivity contribution in [1.29, 1.82) is 0 Å². The minimum Gasteiger partial charge on any atom is -0.326 e. The van der Waals surface area contributed by atoms with Crippen molar-refractivity contribution < 1.29 is 4.79 Å². The number of hydrogen-bond acceptors (Lipinski definition) is 4. The molecule has 4 rings (SSSR count). The van der Waals surface area contributed by atoms with Crippen molar-refractivity contribution in [3.8, 4) is 0 Å². The number of carbonyl (C=O) groups excluding carboxylic acids is 1. The van der Waals surface area contributed by atoms with Gasteiger partial charge in [0.15, 0.2) is 0 Å². The van der Waals surface area contributed by atoms with Gasteiger partial charge >= 0.3 is 0 Å². The summed E-state index contributed by atoms with van der Waals surface area (Å²) in [6.07, 6.45) is 3.01. The molecule has 1 aromatic heterocycles. The zero-order valence-electron chi connectivity index (χ0n) is 15.0. The molecule has 0 saturated carbocycles. The first-order chi connectivity index (χ1) is 13.2. The van der Waals surface area contributed by atoms with E-state index in [4.69, 9.17) is 0 Å². The number of anilines is 1. The molecule has 1 aliphatic rings. The zero-order valence-corrected chi connectivity index (χ0v) is 15.0. The summed E-state index contributed by atoms with van der Waals surface area (Å²) in [6, 6.07) is 17.1. The number of aromatic nitrogens is 2. The van der Waals surface area contributed by atoms with Crippen LogP contribution in [-0.2, 0) is 11.5 Å². The number of carbonyl (C=O) groups is 1. The Hall–Kier alpha value is -2.99. The normalized spacial score (nSPS) is 15.7. The molecule has 3 aromatic rings. The van der Waals surface area contributed by atoms with Gasteiger partial charge in [-0.3, -0.25) is 19.2 Å². The van der Waals surface area contributed by atoms with Crippen LogP contribution in [0.15, 0.2) is 65.6 Å². The topological polar surface area (TPSA) is 67.2 Å². The van der Waals surface area contributed by atoms with E-state index in [2.05, 4.69) is 15.3 Å². The number of hydrogen-bond donors (Lipinski definition) is 1. The zero-order chi connectivity index (χ0) is 18.6. The molecule has 0 aliphatic carbocycles. The van der Waals surface area contributed by atoms with Crippen molar-refractivity contribution in [3.63, 3.8) is 0 Å². The smallest absolute Gasteiger partial charge is 0.227 e. The van der Waals surface area contributed by atoms with Crippen LogP contribution < -0.4 is 10.7 Å². The quantitative estimate of drug-likeness (QED) is 0.775. The fourth-order valence-electron chi connectivity index (χ4n) is 3.57. The molecule has 0 bridgehead atoms. The number of amides is 1. The van der Waals surface area contributed by atoms with Gasteiger partial charge in [-0.15, -0.1) is 0 Å². The summed E-state index contributed by atoms with van der Waals surface area (Å²) < 4.78 is 1.86. The Balaban J connectivity index is 1.38. The molecule has 0 spiro atoms. The van der Waals surface area contributed by atoms with Crippen LogP contribution in [0.5, 0.6) is 0 Å². The molecule has 2 heterocycles. The van der Waals surface area contributed by atoms with E-state index in [0.29, 0.717) is 12.1 Å². The minimum atomic E-state index is -0.0573. The summed E-state index contributed by atoms with van der Waals surface area (Å²) in [5, 5.41) is 7.98. The maximum atomic E-state index is 12.5. The third kappa shape index (κ3) is 3.90. The molecular formula is C21H22N4O2. The van der Waals surface area contributed by atoms with Gasteiger partial charge in [0.05, 0.1) is 18.4 Å². The number of nitrogens with zero attached hydrogens (tertiary/aromatic N) is 3. The Labute approximate surface area is 157 Å². The fourth-order valence-corrected chi connectivity index (χ4v) is 3.57. The number of benzene rings is 2. The summed E-state index contributed by atoms with van der Waals surface area (Å²) in [4.78, 5) is 26.7. The van der Waals surface area contributed by atoms with E-state index in [1.165, 1.54) is 6.20 Å². The Morgan fingerprint density at radius 1 is 1.04 bits per heavy atom. The molecule has 2 aromatic carbocycles. The highest BCUT2D eigenvalue weighted by atomic mass is 16.2.